The maximum atomic E-state index is 11.5. The Morgan fingerprint density at radius 2 is 2.33 bits per heavy atom. The molecule has 15 heavy (non-hydrogen) atoms. The topological polar surface area (TPSA) is 66.8 Å². The number of hydrogen-bond donors (Lipinski definition) is 0. The quantitative estimate of drug-likeness (QED) is 0.695. The van der Waals surface area contributed by atoms with E-state index in [9.17, 15) is 13.2 Å². The van der Waals surface area contributed by atoms with E-state index in [4.69, 9.17) is 11.6 Å². The Hall–Kier alpha value is -1.14. The standard InChI is InChI=1S/C8H9ClN2O3S/c1-7(12)2-3-15(13,14)11-5-8(9)4-10-6-11/h2-4,6H,5H2,1H3. The molecule has 5 nitrogen and oxygen atoms in total. The predicted molar refractivity (Wildman–Crippen MR) is 57.9 cm³/mol. The maximum Gasteiger partial charge on any atom is 0.258 e. The minimum atomic E-state index is -3.65. The third kappa shape index (κ3) is 3.49. The van der Waals surface area contributed by atoms with E-state index >= 15 is 0 Å². The second kappa shape index (κ2) is 4.59. The lowest BCUT2D eigenvalue weighted by Gasteiger charge is -2.18. The fraction of sp³-hybridized carbons (Fsp3) is 0.250. The van der Waals surface area contributed by atoms with Crippen molar-refractivity contribution in [3.05, 3.63) is 22.7 Å². The van der Waals surface area contributed by atoms with Gasteiger partial charge < -0.3 is 0 Å². The summed E-state index contributed by atoms with van der Waals surface area (Å²) in [5.41, 5.74) is 0. The molecule has 1 rings (SSSR count). The zero-order valence-electron chi connectivity index (χ0n) is 7.92. The van der Waals surface area contributed by atoms with Crippen molar-refractivity contribution in [3.63, 3.8) is 0 Å². The van der Waals surface area contributed by atoms with E-state index in [-0.39, 0.29) is 12.3 Å². The van der Waals surface area contributed by atoms with Crippen LogP contribution in [0, 0.1) is 0 Å². The number of aliphatic imine (C=N–C) groups is 1. The lowest BCUT2D eigenvalue weighted by Crippen LogP contribution is -2.30. The number of rotatable bonds is 3. The summed E-state index contributed by atoms with van der Waals surface area (Å²) < 4.78 is 24.0. The Balaban J connectivity index is 2.85. The number of carbonyl (C=O) groups is 1. The van der Waals surface area contributed by atoms with Crippen LogP contribution < -0.4 is 0 Å². The summed E-state index contributed by atoms with van der Waals surface area (Å²) in [5, 5.41) is 1.15. The van der Waals surface area contributed by atoms with Crippen molar-refractivity contribution in [2.24, 2.45) is 4.99 Å². The summed E-state index contributed by atoms with van der Waals surface area (Å²) in [6.07, 6.45) is 3.49. The highest BCUT2D eigenvalue weighted by atomic mass is 35.5. The molecule has 0 fully saturated rings. The van der Waals surface area contributed by atoms with Crippen molar-refractivity contribution in [2.75, 3.05) is 6.54 Å². The van der Waals surface area contributed by atoms with Gasteiger partial charge >= 0.3 is 0 Å². The van der Waals surface area contributed by atoms with Crippen LogP contribution in [0.25, 0.3) is 0 Å². The second-order valence-corrected chi connectivity index (χ2v) is 5.10. The molecule has 7 heteroatoms. The van der Waals surface area contributed by atoms with Crippen molar-refractivity contribution in [1.82, 2.24) is 4.31 Å². The third-order valence-corrected chi connectivity index (χ3v) is 3.09. The van der Waals surface area contributed by atoms with Crippen molar-refractivity contribution < 1.29 is 13.2 Å². The Morgan fingerprint density at radius 1 is 1.67 bits per heavy atom. The average Bonchev–Trinajstić information content (AvgIpc) is 2.15. The lowest BCUT2D eigenvalue weighted by molar-refractivity contribution is -0.112. The van der Waals surface area contributed by atoms with Crippen LogP contribution in [0.4, 0.5) is 0 Å². The van der Waals surface area contributed by atoms with Crippen LogP contribution in [0.1, 0.15) is 6.92 Å². The number of hydrogen-bond acceptors (Lipinski definition) is 4. The van der Waals surface area contributed by atoms with E-state index in [1.54, 1.807) is 0 Å². The average molecular weight is 249 g/mol. The minimum Gasteiger partial charge on any atom is -0.295 e. The molecule has 0 aromatic rings. The number of ketones is 1. The van der Waals surface area contributed by atoms with Crippen LogP contribution in [-0.2, 0) is 14.8 Å². The van der Waals surface area contributed by atoms with Crippen molar-refractivity contribution >= 4 is 33.7 Å². The molecular weight excluding hydrogens is 240 g/mol. The molecule has 0 amide bonds. The minimum absolute atomic E-state index is 0.0373. The van der Waals surface area contributed by atoms with E-state index in [2.05, 4.69) is 4.99 Å². The van der Waals surface area contributed by atoms with Crippen LogP contribution in [0.5, 0.6) is 0 Å². The van der Waals surface area contributed by atoms with Crippen molar-refractivity contribution in [3.8, 4) is 0 Å². The smallest absolute Gasteiger partial charge is 0.258 e. The maximum absolute atomic E-state index is 11.5. The van der Waals surface area contributed by atoms with Crippen LogP contribution in [0.3, 0.4) is 0 Å². The van der Waals surface area contributed by atoms with Gasteiger partial charge in [0.05, 0.1) is 17.0 Å². The zero-order valence-corrected chi connectivity index (χ0v) is 9.49. The molecule has 0 aromatic carbocycles. The number of allylic oxidation sites excluding steroid dienone is 1. The zero-order chi connectivity index (χ0) is 11.5. The monoisotopic (exact) mass is 248 g/mol. The van der Waals surface area contributed by atoms with E-state index < -0.39 is 10.0 Å². The summed E-state index contributed by atoms with van der Waals surface area (Å²) in [5.74, 6) is -0.339. The van der Waals surface area contributed by atoms with Gasteiger partial charge in [0, 0.05) is 6.20 Å². The van der Waals surface area contributed by atoms with E-state index in [0.717, 1.165) is 22.1 Å². The van der Waals surface area contributed by atoms with Gasteiger partial charge in [-0.3, -0.25) is 9.10 Å². The Labute approximate surface area is 92.8 Å². The molecule has 82 valence electrons. The van der Waals surface area contributed by atoms with E-state index in [1.807, 2.05) is 0 Å². The molecule has 0 N–H and O–H groups in total. The van der Waals surface area contributed by atoms with E-state index in [1.165, 1.54) is 13.1 Å². The summed E-state index contributed by atoms with van der Waals surface area (Å²) in [4.78, 5) is 14.2. The number of carbonyl (C=O) groups excluding carboxylic acids is 1. The van der Waals surface area contributed by atoms with Gasteiger partial charge in [0.1, 0.15) is 6.34 Å². The molecular formula is C8H9ClN2O3S. The molecule has 0 spiro atoms. The van der Waals surface area contributed by atoms with Crippen molar-refractivity contribution in [1.29, 1.82) is 0 Å². The summed E-state index contributed by atoms with van der Waals surface area (Å²) in [6, 6.07) is 0. The Kier molecular flexibility index (Phi) is 3.65. The van der Waals surface area contributed by atoms with Gasteiger partial charge in [-0.05, 0) is 13.0 Å². The fourth-order valence-electron chi connectivity index (χ4n) is 0.835. The first-order valence-electron chi connectivity index (χ1n) is 4.00. The van der Waals surface area contributed by atoms with E-state index in [0.29, 0.717) is 5.03 Å². The third-order valence-electron chi connectivity index (χ3n) is 1.52. The fourth-order valence-corrected chi connectivity index (χ4v) is 2.12. The Bertz CT molecular complexity index is 451. The van der Waals surface area contributed by atoms with Gasteiger partial charge in [-0.1, -0.05) is 11.6 Å². The normalized spacial score (nSPS) is 16.9. The molecule has 0 aliphatic carbocycles. The molecule has 0 unspecified atom stereocenters. The molecule has 0 saturated heterocycles. The van der Waals surface area contributed by atoms with Gasteiger partial charge in [0.25, 0.3) is 10.0 Å². The van der Waals surface area contributed by atoms with Crippen LogP contribution in [-0.4, -0.2) is 31.4 Å². The molecule has 0 bridgehead atoms. The molecule has 0 atom stereocenters. The number of sulfonamides is 1. The number of nitrogens with zero attached hydrogens (tertiary/aromatic N) is 2. The molecule has 0 radical (unpaired) electrons. The molecule has 1 heterocycles. The van der Waals surface area contributed by atoms with Gasteiger partial charge in [-0.25, -0.2) is 13.4 Å². The van der Waals surface area contributed by atoms with Crippen LogP contribution in [0.2, 0.25) is 0 Å². The predicted octanol–water partition coefficient (Wildman–Crippen LogP) is 0.843. The molecule has 1 aliphatic heterocycles. The summed E-state index contributed by atoms with van der Waals surface area (Å²) in [7, 11) is -3.65. The SMILES string of the molecule is CC(=O)C=CS(=O)(=O)N1C=NC=C(Cl)C1. The first kappa shape index (κ1) is 11.9. The highest BCUT2D eigenvalue weighted by Gasteiger charge is 2.18. The largest absolute Gasteiger partial charge is 0.295 e. The summed E-state index contributed by atoms with van der Waals surface area (Å²) >= 11 is 5.63. The lowest BCUT2D eigenvalue weighted by atomic mass is 10.5. The highest BCUT2D eigenvalue weighted by Crippen LogP contribution is 2.12. The van der Waals surface area contributed by atoms with Crippen LogP contribution >= 0.6 is 11.6 Å². The van der Waals surface area contributed by atoms with Crippen LogP contribution in [0.15, 0.2) is 27.7 Å². The van der Waals surface area contributed by atoms with Crippen molar-refractivity contribution in [2.45, 2.75) is 6.92 Å². The first-order chi connectivity index (χ1) is 6.92. The Morgan fingerprint density at radius 3 is 2.87 bits per heavy atom. The molecule has 0 aromatic heterocycles. The van der Waals surface area contributed by atoms with Gasteiger partial charge in [-0.15, -0.1) is 0 Å². The summed E-state index contributed by atoms with van der Waals surface area (Å²) in [6.45, 7) is 1.30. The van der Waals surface area contributed by atoms with Gasteiger partial charge in [0.2, 0.25) is 0 Å². The number of halogens is 1. The van der Waals surface area contributed by atoms with Gasteiger partial charge in [-0.2, -0.15) is 0 Å². The van der Waals surface area contributed by atoms with Gasteiger partial charge in [0.15, 0.2) is 5.78 Å². The molecule has 0 saturated carbocycles. The second-order valence-electron chi connectivity index (χ2n) is 2.84. The highest BCUT2D eigenvalue weighted by molar-refractivity contribution is 7.92. The molecule has 1 aliphatic rings. The first-order valence-corrected chi connectivity index (χ1v) is 5.88.